The molecule has 1 unspecified atom stereocenters. The third-order valence-corrected chi connectivity index (χ3v) is 9.30. The van der Waals surface area contributed by atoms with E-state index in [-0.39, 0.29) is 30.9 Å². The lowest BCUT2D eigenvalue weighted by molar-refractivity contribution is -0.144. The highest BCUT2D eigenvalue weighted by Gasteiger charge is 2.26. The lowest BCUT2D eigenvalue weighted by Gasteiger charge is -2.31. The van der Waals surface area contributed by atoms with Crippen LogP contribution in [0.3, 0.4) is 0 Å². The number of anilines is 2. The van der Waals surface area contributed by atoms with E-state index in [9.17, 15) is 14.4 Å². The summed E-state index contributed by atoms with van der Waals surface area (Å²) in [6.45, 7) is 2.83. The zero-order chi connectivity index (χ0) is 35.5. The fourth-order valence-corrected chi connectivity index (χ4v) is 6.37. The van der Waals surface area contributed by atoms with Gasteiger partial charge in [-0.15, -0.1) is 0 Å². The number of fused-ring (bicyclic) bond motifs is 1. The van der Waals surface area contributed by atoms with Crippen LogP contribution in [0.25, 0.3) is 0 Å². The van der Waals surface area contributed by atoms with Gasteiger partial charge in [-0.05, 0) is 55.2 Å². The third-order valence-electron chi connectivity index (χ3n) is 9.30. The fourth-order valence-electron chi connectivity index (χ4n) is 6.37. The van der Waals surface area contributed by atoms with E-state index in [1.165, 1.54) is 19.3 Å². The van der Waals surface area contributed by atoms with Gasteiger partial charge < -0.3 is 29.5 Å². The molecular weight excluding hydrogens is 632 g/mol. The molecule has 1 atom stereocenters. The SMILES string of the molecule is CC(COC(=O)CN1Cc2cc(OCCCC(=O)N(C)C3CCCCC3)ccc2N=C1NC(=O)Nc1ccccc1N(C)C)c1ccccc1. The van der Waals surface area contributed by atoms with Crippen LogP contribution in [0.2, 0.25) is 0 Å². The lowest BCUT2D eigenvalue weighted by atomic mass is 9.94. The van der Waals surface area contributed by atoms with Gasteiger partial charge in [0.1, 0.15) is 12.3 Å². The number of nitrogens with one attached hydrogen (secondary N) is 2. The Kier molecular flexibility index (Phi) is 12.7. The molecule has 1 fully saturated rings. The van der Waals surface area contributed by atoms with Crippen molar-refractivity contribution < 1.29 is 23.9 Å². The van der Waals surface area contributed by atoms with Crippen molar-refractivity contribution in [3.05, 3.63) is 83.9 Å². The number of guanidine groups is 1. The number of esters is 1. The van der Waals surface area contributed by atoms with E-state index in [1.54, 1.807) is 4.90 Å². The molecule has 1 saturated carbocycles. The van der Waals surface area contributed by atoms with Crippen molar-refractivity contribution in [3.63, 3.8) is 0 Å². The summed E-state index contributed by atoms with van der Waals surface area (Å²) in [5.74, 6) is 0.647. The van der Waals surface area contributed by atoms with Crippen molar-refractivity contribution in [2.75, 3.05) is 51.1 Å². The average Bonchev–Trinajstić information content (AvgIpc) is 3.13. The molecule has 266 valence electrons. The number of carbonyl (C=O) groups is 3. The summed E-state index contributed by atoms with van der Waals surface area (Å²) in [6.07, 6.45) is 6.87. The van der Waals surface area contributed by atoms with E-state index < -0.39 is 12.0 Å². The van der Waals surface area contributed by atoms with Crippen molar-refractivity contribution >= 4 is 40.9 Å². The lowest BCUT2D eigenvalue weighted by Crippen LogP contribution is -2.48. The molecule has 0 radical (unpaired) electrons. The molecule has 1 aliphatic carbocycles. The molecule has 2 N–H and O–H groups in total. The molecule has 5 rings (SSSR count). The summed E-state index contributed by atoms with van der Waals surface area (Å²) in [5, 5.41) is 5.76. The quantitative estimate of drug-likeness (QED) is 0.153. The van der Waals surface area contributed by atoms with Gasteiger partial charge in [0.05, 0.1) is 30.3 Å². The highest BCUT2D eigenvalue weighted by atomic mass is 16.5. The first-order valence-corrected chi connectivity index (χ1v) is 17.6. The van der Waals surface area contributed by atoms with E-state index in [2.05, 4.69) is 10.6 Å². The Morgan fingerprint density at radius 1 is 0.940 bits per heavy atom. The Balaban J connectivity index is 1.23. The summed E-state index contributed by atoms with van der Waals surface area (Å²) in [5.41, 5.74) is 4.06. The maximum Gasteiger partial charge on any atom is 0.326 e. The molecule has 2 aliphatic rings. The molecule has 0 bridgehead atoms. The van der Waals surface area contributed by atoms with E-state index in [0.717, 1.165) is 29.7 Å². The van der Waals surface area contributed by atoms with Crippen molar-refractivity contribution in [3.8, 4) is 5.75 Å². The van der Waals surface area contributed by atoms with Crippen LogP contribution in [-0.4, -0.2) is 80.6 Å². The van der Waals surface area contributed by atoms with Gasteiger partial charge >= 0.3 is 12.0 Å². The maximum atomic E-state index is 13.2. The fraction of sp³-hybridized carbons (Fsp3) is 0.436. The summed E-state index contributed by atoms with van der Waals surface area (Å²) in [7, 11) is 5.73. The van der Waals surface area contributed by atoms with E-state index >= 15 is 0 Å². The number of aliphatic imine (C=N–C) groups is 1. The van der Waals surface area contributed by atoms with Crippen LogP contribution in [0.5, 0.6) is 5.75 Å². The van der Waals surface area contributed by atoms with Gasteiger partial charge in [0.25, 0.3) is 0 Å². The van der Waals surface area contributed by atoms with Crippen LogP contribution in [0.15, 0.2) is 77.8 Å². The molecule has 3 aromatic carbocycles. The largest absolute Gasteiger partial charge is 0.494 e. The molecule has 1 heterocycles. The second kappa shape index (κ2) is 17.6. The highest BCUT2D eigenvalue weighted by molar-refractivity contribution is 6.05. The summed E-state index contributed by atoms with van der Waals surface area (Å²) in [4.78, 5) is 49.4. The maximum absolute atomic E-state index is 13.2. The van der Waals surface area contributed by atoms with Crippen LogP contribution < -0.4 is 20.3 Å². The predicted octanol–water partition coefficient (Wildman–Crippen LogP) is 6.67. The van der Waals surface area contributed by atoms with Crippen LogP contribution >= 0.6 is 0 Å². The second-order valence-electron chi connectivity index (χ2n) is 13.3. The summed E-state index contributed by atoms with van der Waals surface area (Å²) >= 11 is 0. The van der Waals surface area contributed by atoms with Crippen molar-refractivity contribution in [2.45, 2.75) is 70.4 Å². The Labute approximate surface area is 295 Å². The van der Waals surface area contributed by atoms with Gasteiger partial charge in [-0.3, -0.25) is 14.9 Å². The number of hydrogen-bond acceptors (Lipinski definition) is 8. The number of nitrogens with zero attached hydrogens (tertiary/aromatic N) is 4. The Hall–Kier alpha value is -5.06. The van der Waals surface area contributed by atoms with Crippen LogP contribution in [-0.2, 0) is 20.9 Å². The molecule has 3 amide bonds. The number of ether oxygens (including phenoxy) is 2. The number of amides is 3. The number of rotatable bonds is 13. The van der Waals surface area contributed by atoms with Gasteiger partial charge in [0, 0.05) is 51.6 Å². The highest BCUT2D eigenvalue weighted by Crippen LogP contribution is 2.30. The number of carbonyl (C=O) groups excluding carboxylic acids is 3. The molecule has 3 aromatic rings. The van der Waals surface area contributed by atoms with Gasteiger partial charge in [-0.1, -0.05) is 68.7 Å². The van der Waals surface area contributed by atoms with Crippen molar-refractivity contribution in [1.29, 1.82) is 0 Å². The molecule has 1 aliphatic heterocycles. The van der Waals surface area contributed by atoms with Crippen LogP contribution in [0.4, 0.5) is 21.9 Å². The monoisotopic (exact) mass is 682 g/mol. The standard InChI is InChI=1S/C39H50N6O5/c1-28(29-14-7-5-8-15-29)27-50-37(47)26-45-25-30-24-32(49-23-13-20-36(46)44(4)31-16-9-6-10-17-31)21-22-33(30)40-38(45)42-39(48)41-34-18-11-12-19-35(34)43(2)3/h5,7-8,11-12,14-15,18-19,21-22,24,28,31H,6,9-10,13,16-17,20,23,25-27H2,1-4H3,(H2,40,41,42,48). The first-order chi connectivity index (χ1) is 24.2. The Morgan fingerprint density at radius 3 is 2.44 bits per heavy atom. The summed E-state index contributed by atoms with van der Waals surface area (Å²) in [6, 6.07) is 22.8. The number of para-hydroxylation sites is 2. The van der Waals surface area contributed by atoms with Gasteiger partial charge in [-0.2, -0.15) is 0 Å². The van der Waals surface area contributed by atoms with Crippen LogP contribution in [0, 0.1) is 0 Å². The minimum Gasteiger partial charge on any atom is -0.494 e. The molecular formula is C39H50N6O5. The number of benzene rings is 3. The minimum atomic E-state index is -0.485. The van der Waals surface area contributed by atoms with E-state index in [4.69, 9.17) is 14.5 Å². The zero-order valence-electron chi connectivity index (χ0n) is 29.7. The minimum absolute atomic E-state index is 0.0266. The first kappa shape index (κ1) is 36.2. The Bertz CT molecular complexity index is 1640. The third kappa shape index (κ3) is 9.99. The van der Waals surface area contributed by atoms with Crippen molar-refractivity contribution in [2.24, 2.45) is 4.99 Å². The predicted molar refractivity (Wildman–Crippen MR) is 197 cm³/mol. The van der Waals surface area contributed by atoms with Gasteiger partial charge in [-0.25, -0.2) is 9.79 Å². The molecule has 0 aromatic heterocycles. The zero-order valence-corrected chi connectivity index (χ0v) is 29.7. The summed E-state index contributed by atoms with van der Waals surface area (Å²) < 4.78 is 11.7. The van der Waals surface area contributed by atoms with Gasteiger partial charge in [0.2, 0.25) is 11.9 Å². The average molecular weight is 683 g/mol. The molecule has 11 nitrogen and oxygen atoms in total. The first-order valence-electron chi connectivity index (χ1n) is 17.6. The van der Waals surface area contributed by atoms with Gasteiger partial charge in [0.15, 0.2) is 0 Å². The molecule has 0 spiro atoms. The molecule has 50 heavy (non-hydrogen) atoms. The van der Waals surface area contributed by atoms with Crippen LogP contribution in [0.1, 0.15) is 68.9 Å². The van der Waals surface area contributed by atoms with Crippen molar-refractivity contribution in [1.82, 2.24) is 15.1 Å². The second-order valence-corrected chi connectivity index (χ2v) is 13.3. The normalized spacial score (nSPS) is 14.9. The number of hydrogen-bond donors (Lipinski definition) is 2. The topological polar surface area (TPSA) is 116 Å². The smallest absolute Gasteiger partial charge is 0.326 e. The molecule has 0 saturated heterocycles. The number of urea groups is 1. The molecule has 11 heteroatoms. The Morgan fingerprint density at radius 2 is 1.68 bits per heavy atom. The van der Waals surface area contributed by atoms with E-state index in [1.807, 2.05) is 111 Å². The van der Waals surface area contributed by atoms with E-state index in [0.29, 0.717) is 49.2 Å².